The monoisotopic (exact) mass is 305 g/mol. The average Bonchev–Trinajstić information content (AvgIpc) is 3.13. The third-order valence-electron chi connectivity index (χ3n) is 3.15. The van der Waals surface area contributed by atoms with Crippen molar-refractivity contribution in [3.8, 4) is 11.4 Å². The molecule has 0 aliphatic carbocycles. The molecule has 3 aromatic rings. The van der Waals surface area contributed by atoms with Crippen molar-refractivity contribution in [2.45, 2.75) is 6.54 Å². The minimum atomic E-state index is -0.200. The zero-order valence-electron chi connectivity index (χ0n) is 12.3. The Morgan fingerprint density at radius 3 is 2.57 bits per heavy atom. The number of nitrogens with one attached hydrogen (secondary N) is 1. The van der Waals surface area contributed by atoms with Crippen molar-refractivity contribution >= 4 is 12.0 Å². The van der Waals surface area contributed by atoms with E-state index in [1.165, 1.54) is 6.08 Å². The maximum atomic E-state index is 11.7. The second-order valence-corrected chi connectivity index (χ2v) is 4.84. The maximum absolute atomic E-state index is 11.7. The van der Waals surface area contributed by atoms with E-state index in [1.54, 1.807) is 36.9 Å². The van der Waals surface area contributed by atoms with Crippen molar-refractivity contribution in [2.75, 3.05) is 0 Å². The quantitative estimate of drug-likeness (QED) is 0.736. The van der Waals surface area contributed by atoms with Gasteiger partial charge in [-0.1, -0.05) is 30.3 Å². The van der Waals surface area contributed by atoms with Crippen LogP contribution in [0.3, 0.4) is 0 Å². The number of furan rings is 1. The molecule has 1 N–H and O–H groups in total. The number of aromatic nitrogens is 2. The first kappa shape index (κ1) is 14.7. The molecule has 5 nitrogen and oxygen atoms in total. The van der Waals surface area contributed by atoms with Gasteiger partial charge in [-0.2, -0.15) is 0 Å². The lowest BCUT2D eigenvalue weighted by molar-refractivity contribution is -0.116. The first-order valence-corrected chi connectivity index (χ1v) is 7.17. The fourth-order valence-electron chi connectivity index (χ4n) is 1.98. The number of amides is 1. The van der Waals surface area contributed by atoms with E-state index in [9.17, 15) is 4.79 Å². The van der Waals surface area contributed by atoms with Crippen molar-refractivity contribution in [3.05, 3.63) is 78.5 Å². The predicted octanol–water partition coefficient (Wildman–Crippen LogP) is 3.07. The molecule has 0 spiro atoms. The zero-order valence-corrected chi connectivity index (χ0v) is 12.3. The van der Waals surface area contributed by atoms with Crippen molar-refractivity contribution in [1.29, 1.82) is 0 Å². The van der Waals surface area contributed by atoms with Gasteiger partial charge in [0.25, 0.3) is 0 Å². The summed E-state index contributed by atoms with van der Waals surface area (Å²) in [6.45, 7) is 0.361. The molecule has 0 aliphatic heterocycles. The summed E-state index contributed by atoms with van der Waals surface area (Å²) in [7, 11) is 0. The Morgan fingerprint density at radius 2 is 1.87 bits per heavy atom. The van der Waals surface area contributed by atoms with Gasteiger partial charge in [-0.3, -0.25) is 4.79 Å². The minimum absolute atomic E-state index is 0.200. The molecule has 0 aliphatic rings. The van der Waals surface area contributed by atoms with E-state index in [1.807, 2.05) is 30.3 Å². The number of hydrogen-bond donors (Lipinski definition) is 1. The molecule has 2 aromatic heterocycles. The molecule has 3 rings (SSSR count). The molecular formula is C18H15N3O2. The van der Waals surface area contributed by atoms with Gasteiger partial charge in [0, 0.05) is 29.6 Å². The molecule has 0 unspecified atom stereocenters. The number of rotatable bonds is 5. The molecule has 0 bridgehead atoms. The van der Waals surface area contributed by atoms with Crippen LogP contribution in [-0.2, 0) is 11.3 Å². The summed E-state index contributed by atoms with van der Waals surface area (Å²) in [5.41, 5.74) is 1.72. The number of benzene rings is 1. The smallest absolute Gasteiger partial charge is 0.244 e. The second kappa shape index (κ2) is 7.17. The Bertz CT molecular complexity index is 779. The van der Waals surface area contributed by atoms with Gasteiger partial charge in [0.15, 0.2) is 5.82 Å². The van der Waals surface area contributed by atoms with Gasteiger partial charge in [0.05, 0.1) is 12.8 Å². The van der Waals surface area contributed by atoms with Gasteiger partial charge >= 0.3 is 0 Å². The van der Waals surface area contributed by atoms with Crippen LogP contribution < -0.4 is 5.32 Å². The van der Waals surface area contributed by atoms with Gasteiger partial charge in [-0.25, -0.2) is 9.97 Å². The molecule has 1 aromatic carbocycles. The van der Waals surface area contributed by atoms with E-state index < -0.39 is 0 Å². The van der Waals surface area contributed by atoms with E-state index >= 15 is 0 Å². The Kier molecular flexibility index (Phi) is 4.59. The lowest BCUT2D eigenvalue weighted by Gasteiger charge is -2.00. The SMILES string of the molecule is O=C(/C=C/c1cnc(-c2ccccc2)nc1)NCc1ccco1. The fourth-order valence-corrected chi connectivity index (χ4v) is 1.98. The van der Waals surface area contributed by atoms with Crippen LogP contribution in [0, 0.1) is 0 Å². The lowest BCUT2D eigenvalue weighted by Crippen LogP contribution is -2.19. The van der Waals surface area contributed by atoms with Crippen LogP contribution in [0.2, 0.25) is 0 Å². The second-order valence-electron chi connectivity index (χ2n) is 4.84. The predicted molar refractivity (Wildman–Crippen MR) is 87.1 cm³/mol. The van der Waals surface area contributed by atoms with Gasteiger partial charge in [-0.05, 0) is 18.2 Å². The minimum Gasteiger partial charge on any atom is -0.467 e. The van der Waals surface area contributed by atoms with E-state index in [4.69, 9.17) is 4.42 Å². The molecule has 0 atom stereocenters. The highest BCUT2D eigenvalue weighted by molar-refractivity contribution is 5.91. The highest BCUT2D eigenvalue weighted by atomic mass is 16.3. The van der Waals surface area contributed by atoms with Crippen LogP contribution in [0.5, 0.6) is 0 Å². The molecule has 2 heterocycles. The Balaban J connectivity index is 1.58. The van der Waals surface area contributed by atoms with Crippen LogP contribution >= 0.6 is 0 Å². The fraction of sp³-hybridized carbons (Fsp3) is 0.0556. The zero-order chi connectivity index (χ0) is 15.9. The van der Waals surface area contributed by atoms with Crippen molar-refractivity contribution in [2.24, 2.45) is 0 Å². The van der Waals surface area contributed by atoms with E-state index in [0.29, 0.717) is 18.1 Å². The van der Waals surface area contributed by atoms with Gasteiger partial charge < -0.3 is 9.73 Å². The van der Waals surface area contributed by atoms with Gasteiger partial charge in [-0.15, -0.1) is 0 Å². The third kappa shape index (κ3) is 4.14. The van der Waals surface area contributed by atoms with Crippen LogP contribution in [-0.4, -0.2) is 15.9 Å². The summed E-state index contributed by atoms with van der Waals surface area (Å²) >= 11 is 0. The number of hydrogen-bond acceptors (Lipinski definition) is 4. The first-order valence-electron chi connectivity index (χ1n) is 7.17. The standard InChI is InChI=1S/C18H15N3O2/c22-17(19-13-16-7-4-10-23-16)9-8-14-11-20-18(21-12-14)15-5-2-1-3-6-15/h1-12H,13H2,(H,19,22)/b9-8+. The van der Waals surface area contributed by atoms with Gasteiger partial charge in [0.1, 0.15) is 5.76 Å². The Hall–Kier alpha value is -3.21. The Labute approximate surface area is 133 Å². The van der Waals surface area contributed by atoms with Crippen LogP contribution in [0.25, 0.3) is 17.5 Å². The average molecular weight is 305 g/mol. The number of carbonyl (C=O) groups excluding carboxylic acids is 1. The third-order valence-corrected chi connectivity index (χ3v) is 3.15. The summed E-state index contributed by atoms with van der Waals surface area (Å²) in [6.07, 6.45) is 8.07. The largest absolute Gasteiger partial charge is 0.467 e. The first-order chi connectivity index (χ1) is 11.3. The molecule has 0 fully saturated rings. The van der Waals surface area contributed by atoms with Crippen molar-refractivity contribution in [1.82, 2.24) is 15.3 Å². The molecule has 5 heteroatoms. The molecule has 114 valence electrons. The van der Waals surface area contributed by atoms with Crippen LogP contribution in [0.1, 0.15) is 11.3 Å². The lowest BCUT2D eigenvalue weighted by atomic mass is 10.2. The van der Waals surface area contributed by atoms with E-state index in [0.717, 1.165) is 11.1 Å². The molecule has 23 heavy (non-hydrogen) atoms. The maximum Gasteiger partial charge on any atom is 0.244 e. The van der Waals surface area contributed by atoms with Crippen molar-refractivity contribution in [3.63, 3.8) is 0 Å². The number of carbonyl (C=O) groups is 1. The number of nitrogens with zero attached hydrogens (tertiary/aromatic N) is 2. The molecule has 1 amide bonds. The van der Waals surface area contributed by atoms with Crippen molar-refractivity contribution < 1.29 is 9.21 Å². The summed E-state index contributed by atoms with van der Waals surface area (Å²) in [5.74, 6) is 1.17. The topological polar surface area (TPSA) is 68.0 Å². The molecule has 0 radical (unpaired) electrons. The van der Waals surface area contributed by atoms with E-state index in [2.05, 4.69) is 15.3 Å². The summed E-state index contributed by atoms with van der Waals surface area (Å²) < 4.78 is 5.14. The molecular weight excluding hydrogens is 290 g/mol. The highest BCUT2D eigenvalue weighted by Crippen LogP contribution is 2.13. The highest BCUT2D eigenvalue weighted by Gasteiger charge is 2.01. The summed E-state index contributed by atoms with van der Waals surface area (Å²) in [4.78, 5) is 20.3. The van der Waals surface area contributed by atoms with E-state index in [-0.39, 0.29) is 5.91 Å². The van der Waals surface area contributed by atoms with Crippen LogP contribution in [0.15, 0.2) is 71.6 Å². The summed E-state index contributed by atoms with van der Waals surface area (Å²) in [6, 6.07) is 13.3. The normalized spacial score (nSPS) is 10.8. The molecule has 0 saturated carbocycles. The van der Waals surface area contributed by atoms with Gasteiger partial charge in [0.2, 0.25) is 5.91 Å². The molecule has 0 saturated heterocycles. The van der Waals surface area contributed by atoms with Crippen LogP contribution in [0.4, 0.5) is 0 Å². The summed E-state index contributed by atoms with van der Waals surface area (Å²) in [5, 5.41) is 2.73. The Morgan fingerprint density at radius 1 is 1.09 bits per heavy atom.